The first-order chi connectivity index (χ1) is 13.2. The van der Waals surface area contributed by atoms with E-state index in [9.17, 15) is 9.59 Å². The average molecular weight is 377 g/mol. The van der Waals surface area contributed by atoms with E-state index in [0.717, 1.165) is 51.0 Å². The van der Waals surface area contributed by atoms with Crippen molar-refractivity contribution in [2.75, 3.05) is 19.6 Å². The second-order valence-electron chi connectivity index (χ2n) is 7.69. The van der Waals surface area contributed by atoms with E-state index in [-0.39, 0.29) is 12.1 Å². The molecule has 1 aromatic heterocycles. The molecule has 1 aromatic rings. The van der Waals surface area contributed by atoms with Crippen LogP contribution >= 0.6 is 0 Å². The zero-order valence-electron chi connectivity index (χ0n) is 16.0. The first kappa shape index (κ1) is 19.6. The molecule has 7 nitrogen and oxygen atoms in total. The monoisotopic (exact) mass is 376 g/mol. The van der Waals surface area contributed by atoms with Gasteiger partial charge in [-0.1, -0.05) is 19.3 Å². The van der Waals surface area contributed by atoms with Crippen LogP contribution in [0.4, 0.5) is 9.59 Å². The summed E-state index contributed by atoms with van der Waals surface area (Å²) in [5.41, 5.74) is 0. The van der Waals surface area contributed by atoms with Crippen LogP contribution in [-0.4, -0.2) is 42.6 Å². The number of urea groups is 2. The third-order valence-electron chi connectivity index (χ3n) is 5.68. The lowest BCUT2D eigenvalue weighted by atomic mass is 9.93. The first-order valence-corrected chi connectivity index (χ1v) is 10.3. The Morgan fingerprint density at radius 3 is 2.56 bits per heavy atom. The van der Waals surface area contributed by atoms with Crippen LogP contribution in [0, 0.1) is 5.92 Å². The van der Waals surface area contributed by atoms with Gasteiger partial charge in [0.2, 0.25) is 0 Å². The fourth-order valence-corrected chi connectivity index (χ4v) is 3.97. The van der Waals surface area contributed by atoms with Gasteiger partial charge in [0.1, 0.15) is 5.76 Å². The fraction of sp³-hybridized carbons (Fsp3) is 0.700. The van der Waals surface area contributed by atoms with E-state index in [1.54, 1.807) is 12.3 Å². The quantitative estimate of drug-likeness (QED) is 0.712. The Kier molecular flexibility index (Phi) is 7.42. The third kappa shape index (κ3) is 6.48. The number of hydrogen-bond acceptors (Lipinski definition) is 3. The number of nitrogens with one attached hydrogen (secondary N) is 3. The highest BCUT2D eigenvalue weighted by molar-refractivity contribution is 5.74. The summed E-state index contributed by atoms with van der Waals surface area (Å²) in [7, 11) is 0. The maximum Gasteiger partial charge on any atom is 0.317 e. The Morgan fingerprint density at radius 2 is 1.85 bits per heavy atom. The SMILES string of the molecule is O=C(NCCC1CCN(C(=O)NC2CCCCC2)CC1)NCc1ccco1. The lowest BCUT2D eigenvalue weighted by molar-refractivity contribution is 0.162. The van der Waals surface area contributed by atoms with Gasteiger partial charge in [0.05, 0.1) is 12.8 Å². The minimum atomic E-state index is -0.171. The molecule has 0 bridgehead atoms. The van der Waals surface area contributed by atoms with Crippen molar-refractivity contribution >= 4 is 12.1 Å². The number of piperidine rings is 1. The number of hydrogen-bond donors (Lipinski definition) is 3. The van der Waals surface area contributed by atoms with Gasteiger partial charge in [0.15, 0.2) is 0 Å². The Bertz CT molecular complexity index is 576. The van der Waals surface area contributed by atoms with Crippen LogP contribution < -0.4 is 16.0 Å². The molecule has 4 amide bonds. The number of amides is 4. The summed E-state index contributed by atoms with van der Waals surface area (Å²) in [5, 5.41) is 8.88. The predicted octanol–water partition coefficient (Wildman–Crippen LogP) is 3.22. The Balaban J connectivity index is 1.25. The smallest absolute Gasteiger partial charge is 0.317 e. The molecule has 2 heterocycles. The molecule has 0 unspecified atom stereocenters. The average Bonchev–Trinajstić information content (AvgIpc) is 3.21. The summed E-state index contributed by atoms with van der Waals surface area (Å²) in [6.45, 7) is 2.68. The van der Waals surface area contributed by atoms with E-state index >= 15 is 0 Å². The molecule has 150 valence electrons. The molecule has 7 heteroatoms. The summed E-state index contributed by atoms with van der Waals surface area (Å²) in [6, 6.07) is 3.94. The van der Waals surface area contributed by atoms with E-state index < -0.39 is 0 Å². The topological polar surface area (TPSA) is 86.6 Å². The number of rotatable bonds is 6. The Labute approximate surface area is 161 Å². The van der Waals surface area contributed by atoms with Crippen molar-refractivity contribution in [3.63, 3.8) is 0 Å². The van der Waals surface area contributed by atoms with E-state index in [2.05, 4.69) is 16.0 Å². The van der Waals surface area contributed by atoms with Gasteiger partial charge < -0.3 is 25.3 Å². The highest BCUT2D eigenvalue weighted by Gasteiger charge is 2.24. The van der Waals surface area contributed by atoms with Crippen molar-refractivity contribution in [2.45, 2.75) is 64.0 Å². The third-order valence-corrected chi connectivity index (χ3v) is 5.68. The van der Waals surface area contributed by atoms with Gasteiger partial charge >= 0.3 is 12.1 Å². The summed E-state index contributed by atoms with van der Waals surface area (Å²) in [4.78, 5) is 26.1. The standard InChI is InChI=1S/C20H32N4O3/c25-19(22-15-18-7-4-14-27-18)21-11-8-16-9-12-24(13-10-16)20(26)23-17-5-2-1-3-6-17/h4,7,14,16-17H,1-3,5-6,8-13,15H2,(H,23,26)(H2,21,22,25). The summed E-state index contributed by atoms with van der Waals surface area (Å²) < 4.78 is 5.18. The van der Waals surface area contributed by atoms with Crippen LogP contribution in [0.1, 0.15) is 57.1 Å². The van der Waals surface area contributed by atoms with E-state index in [0.29, 0.717) is 25.0 Å². The molecule has 0 aromatic carbocycles. The zero-order chi connectivity index (χ0) is 18.9. The largest absolute Gasteiger partial charge is 0.467 e. The molecule has 1 aliphatic heterocycles. The molecular weight excluding hydrogens is 344 g/mol. The van der Waals surface area contributed by atoms with Gasteiger partial charge in [-0.05, 0) is 50.2 Å². The molecule has 0 radical (unpaired) electrons. The second-order valence-corrected chi connectivity index (χ2v) is 7.69. The lowest BCUT2D eigenvalue weighted by Crippen LogP contribution is -2.48. The molecule has 1 aliphatic carbocycles. The summed E-state index contributed by atoms with van der Waals surface area (Å²) in [6.07, 6.45) is 10.6. The number of likely N-dealkylation sites (tertiary alicyclic amines) is 1. The summed E-state index contributed by atoms with van der Waals surface area (Å²) >= 11 is 0. The van der Waals surface area contributed by atoms with E-state index in [1.807, 2.05) is 11.0 Å². The Hall–Kier alpha value is -2.18. The predicted molar refractivity (Wildman–Crippen MR) is 103 cm³/mol. The second kappa shape index (κ2) is 10.2. The summed E-state index contributed by atoms with van der Waals surface area (Å²) in [5.74, 6) is 1.30. The van der Waals surface area contributed by atoms with Gasteiger partial charge in [-0.3, -0.25) is 0 Å². The maximum absolute atomic E-state index is 12.4. The number of furan rings is 1. The number of nitrogens with zero attached hydrogens (tertiary/aromatic N) is 1. The Morgan fingerprint density at radius 1 is 1.07 bits per heavy atom. The van der Waals surface area contributed by atoms with Crippen molar-refractivity contribution < 1.29 is 14.0 Å². The van der Waals surface area contributed by atoms with Crippen LogP contribution in [0.25, 0.3) is 0 Å². The minimum absolute atomic E-state index is 0.107. The first-order valence-electron chi connectivity index (χ1n) is 10.3. The molecule has 2 fully saturated rings. The zero-order valence-corrected chi connectivity index (χ0v) is 16.0. The molecule has 3 rings (SSSR count). The maximum atomic E-state index is 12.4. The normalized spacial score (nSPS) is 18.9. The van der Waals surface area contributed by atoms with Gasteiger partial charge in [0, 0.05) is 25.7 Å². The van der Waals surface area contributed by atoms with Crippen molar-refractivity contribution in [3.05, 3.63) is 24.2 Å². The van der Waals surface area contributed by atoms with Gasteiger partial charge in [0.25, 0.3) is 0 Å². The van der Waals surface area contributed by atoms with Crippen LogP contribution in [0.15, 0.2) is 22.8 Å². The minimum Gasteiger partial charge on any atom is -0.467 e. The molecule has 0 spiro atoms. The van der Waals surface area contributed by atoms with Crippen LogP contribution in [0.5, 0.6) is 0 Å². The van der Waals surface area contributed by atoms with Crippen molar-refractivity contribution in [1.29, 1.82) is 0 Å². The van der Waals surface area contributed by atoms with Gasteiger partial charge in [-0.15, -0.1) is 0 Å². The van der Waals surface area contributed by atoms with Crippen molar-refractivity contribution in [2.24, 2.45) is 5.92 Å². The van der Waals surface area contributed by atoms with Crippen molar-refractivity contribution in [3.8, 4) is 0 Å². The molecule has 2 aliphatic rings. The molecule has 1 saturated heterocycles. The highest BCUT2D eigenvalue weighted by atomic mass is 16.3. The van der Waals surface area contributed by atoms with Crippen LogP contribution in [0.2, 0.25) is 0 Å². The molecule has 0 atom stereocenters. The molecule has 1 saturated carbocycles. The van der Waals surface area contributed by atoms with Crippen molar-refractivity contribution in [1.82, 2.24) is 20.9 Å². The van der Waals surface area contributed by atoms with Crippen LogP contribution in [-0.2, 0) is 6.54 Å². The van der Waals surface area contributed by atoms with E-state index in [1.165, 1.54) is 19.3 Å². The lowest BCUT2D eigenvalue weighted by Gasteiger charge is -2.34. The molecule has 27 heavy (non-hydrogen) atoms. The number of carbonyl (C=O) groups excluding carboxylic acids is 2. The molecular formula is C20H32N4O3. The highest BCUT2D eigenvalue weighted by Crippen LogP contribution is 2.21. The van der Waals surface area contributed by atoms with E-state index in [4.69, 9.17) is 4.42 Å². The molecule has 3 N–H and O–H groups in total. The van der Waals surface area contributed by atoms with Gasteiger partial charge in [-0.25, -0.2) is 9.59 Å². The fourth-order valence-electron chi connectivity index (χ4n) is 3.97. The van der Waals surface area contributed by atoms with Crippen LogP contribution in [0.3, 0.4) is 0 Å². The number of carbonyl (C=O) groups is 2. The van der Waals surface area contributed by atoms with Gasteiger partial charge in [-0.2, -0.15) is 0 Å².